The lowest BCUT2D eigenvalue weighted by Crippen LogP contribution is -2.38. The fourth-order valence-electron chi connectivity index (χ4n) is 2.85. The number of ketones is 1. The Kier molecular flexibility index (Phi) is 1.56. The van der Waals surface area contributed by atoms with Crippen molar-refractivity contribution in [3.63, 3.8) is 0 Å². The fraction of sp³-hybridized carbons (Fsp3) is 0.900. The SMILES string of the molecule is CC1(C)C(=O)C2CCC1(C)C2Br. The third-order valence-corrected chi connectivity index (χ3v) is 5.97. The monoisotopic (exact) mass is 230 g/mol. The van der Waals surface area contributed by atoms with Gasteiger partial charge in [0.2, 0.25) is 0 Å². The van der Waals surface area contributed by atoms with Gasteiger partial charge in [-0.2, -0.15) is 0 Å². The summed E-state index contributed by atoms with van der Waals surface area (Å²) in [5.41, 5.74) is 0.0961. The van der Waals surface area contributed by atoms with E-state index in [9.17, 15) is 4.79 Å². The summed E-state index contributed by atoms with van der Waals surface area (Å²) in [5.74, 6) is 0.767. The van der Waals surface area contributed by atoms with Crippen molar-refractivity contribution in [3.05, 3.63) is 0 Å². The van der Waals surface area contributed by atoms with Crippen LogP contribution in [0.15, 0.2) is 0 Å². The van der Waals surface area contributed by atoms with E-state index in [4.69, 9.17) is 0 Å². The standard InChI is InChI=1S/C10H15BrO/c1-9(2)8(12)6-4-5-10(9,3)7(6)11/h6-7H,4-5H2,1-3H3. The molecule has 3 atom stereocenters. The molecule has 1 nitrogen and oxygen atoms in total. The predicted octanol–water partition coefficient (Wildman–Crippen LogP) is 2.78. The second-order valence-electron chi connectivity index (χ2n) is 4.95. The molecule has 2 aliphatic carbocycles. The number of alkyl halides is 1. The van der Waals surface area contributed by atoms with Crippen LogP contribution in [0.1, 0.15) is 33.6 Å². The van der Waals surface area contributed by atoms with Gasteiger partial charge in [-0.15, -0.1) is 0 Å². The lowest BCUT2D eigenvalue weighted by Gasteiger charge is -2.38. The predicted molar refractivity (Wildman–Crippen MR) is 52.3 cm³/mol. The van der Waals surface area contributed by atoms with Crippen LogP contribution in [0.5, 0.6) is 0 Å². The molecule has 0 aromatic heterocycles. The van der Waals surface area contributed by atoms with Crippen molar-refractivity contribution < 1.29 is 4.79 Å². The average Bonchev–Trinajstić information content (AvgIpc) is 2.33. The van der Waals surface area contributed by atoms with E-state index in [0.717, 1.165) is 6.42 Å². The van der Waals surface area contributed by atoms with E-state index in [0.29, 0.717) is 16.5 Å². The lowest BCUT2D eigenvalue weighted by atomic mass is 9.66. The van der Waals surface area contributed by atoms with Crippen molar-refractivity contribution in [3.8, 4) is 0 Å². The normalized spacial score (nSPS) is 50.2. The minimum atomic E-state index is -0.107. The van der Waals surface area contributed by atoms with Crippen molar-refractivity contribution in [1.82, 2.24) is 0 Å². The molecule has 0 aromatic rings. The summed E-state index contributed by atoms with van der Waals surface area (Å²) >= 11 is 3.68. The van der Waals surface area contributed by atoms with E-state index in [2.05, 4.69) is 36.7 Å². The summed E-state index contributed by atoms with van der Waals surface area (Å²) in [6.45, 7) is 6.45. The molecule has 0 amide bonds. The molecule has 0 aliphatic heterocycles. The van der Waals surface area contributed by atoms with Gasteiger partial charge in [0.1, 0.15) is 5.78 Å². The van der Waals surface area contributed by atoms with E-state index < -0.39 is 0 Å². The van der Waals surface area contributed by atoms with Crippen molar-refractivity contribution in [2.75, 3.05) is 0 Å². The van der Waals surface area contributed by atoms with E-state index >= 15 is 0 Å². The molecule has 2 fully saturated rings. The highest BCUT2D eigenvalue weighted by molar-refractivity contribution is 9.09. The van der Waals surface area contributed by atoms with Crippen LogP contribution in [0.4, 0.5) is 0 Å². The Balaban J connectivity index is 2.50. The number of halogens is 1. The van der Waals surface area contributed by atoms with Crippen LogP contribution in [-0.2, 0) is 4.79 Å². The Labute approximate surface area is 82.0 Å². The zero-order valence-corrected chi connectivity index (χ0v) is 9.44. The molecule has 12 heavy (non-hydrogen) atoms. The quantitative estimate of drug-likeness (QED) is 0.586. The first-order valence-corrected chi connectivity index (χ1v) is 5.51. The minimum Gasteiger partial charge on any atom is -0.299 e. The topological polar surface area (TPSA) is 17.1 Å². The summed E-state index contributed by atoms with van der Waals surface area (Å²) in [5, 5.41) is 0. The number of carbonyl (C=O) groups excluding carboxylic acids is 1. The van der Waals surface area contributed by atoms with Crippen LogP contribution in [0.3, 0.4) is 0 Å². The van der Waals surface area contributed by atoms with Crippen molar-refractivity contribution >= 4 is 21.7 Å². The maximum absolute atomic E-state index is 11.9. The number of rotatable bonds is 0. The molecule has 68 valence electrons. The number of Topliss-reactive ketones (excluding diaryl/α,β-unsaturated/α-hetero) is 1. The van der Waals surface area contributed by atoms with E-state index in [1.165, 1.54) is 6.42 Å². The maximum Gasteiger partial charge on any atom is 0.143 e. The van der Waals surface area contributed by atoms with Crippen molar-refractivity contribution in [2.24, 2.45) is 16.7 Å². The Morgan fingerprint density at radius 3 is 2.25 bits per heavy atom. The van der Waals surface area contributed by atoms with Crippen molar-refractivity contribution in [2.45, 2.75) is 38.4 Å². The largest absolute Gasteiger partial charge is 0.299 e. The zero-order valence-electron chi connectivity index (χ0n) is 7.86. The van der Waals surface area contributed by atoms with E-state index in [1.807, 2.05) is 0 Å². The molecule has 3 unspecified atom stereocenters. The Morgan fingerprint density at radius 1 is 1.42 bits per heavy atom. The van der Waals surface area contributed by atoms with Gasteiger partial charge in [0.05, 0.1) is 0 Å². The molecule has 0 N–H and O–H groups in total. The third-order valence-electron chi connectivity index (χ3n) is 4.32. The van der Waals surface area contributed by atoms with Gasteiger partial charge in [-0.1, -0.05) is 36.7 Å². The van der Waals surface area contributed by atoms with Crippen LogP contribution in [0, 0.1) is 16.7 Å². The first-order valence-electron chi connectivity index (χ1n) is 4.59. The Morgan fingerprint density at radius 2 is 2.00 bits per heavy atom. The molecule has 2 rings (SSSR count). The Hall–Kier alpha value is 0.150. The highest BCUT2D eigenvalue weighted by atomic mass is 79.9. The second kappa shape index (κ2) is 2.14. The molecule has 0 aromatic carbocycles. The highest BCUT2D eigenvalue weighted by Gasteiger charge is 2.65. The van der Waals surface area contributed by atoms with E-state index in [1.54, 1.807) is 0 Å². The van der Waals surface area contributed by atoms with Crippen LogP contribution < -0.4 is 0 Å². The van der Waals surface area contributed by atoms with Gasteiger partial charge < -0.3 is 0 Å². The van der Waals surface area contributed by atoms with Crippen LogP contribution in [-0.4, -0.2) is 10.6 Å². The summed E-state index contributed by atoms with van der Waals surface area (Å²) in [7, 11) is 0. The lowest BCUT2D eigenvalue weighted by molar-refractivity contribution is -0.132. The summed E-state index contributed by atoms with van der Waals surface area (Å²) < 4.78 is 0. The van der Waals surface area contributed by atoms with Gasteiger partial charge in [-0.25, -0.2) is 0 Å². The first kappa shape index (κ1) is 8.74. The molecule has 2 saturated carbocycles. The molecule has 2 aliphatic rings. The van der Waals surface area contributed by atoms with Crippen LogP contribution in [0.25, 0.3) is 0 Å². The molecule has 2 heteroatoms. The first-order chi connectivity index (χ1) is 5.41. The number of carbonyl (C=O) groups is 1. The van der Waals surface area contributed by atoms with Gasteiger partial charge in [0.15, 0.2) is 0 Å². The van der Waals surface area contributed by atoms with Crippen molar-refractivity contribution in [1.29, 1.82) is 0 Å². The highest BCUT2D eigenvalue weighted by Crippen LogP contribution is 2.64. The molecular formula is C10H15BrO. The number of hydrogen-bond acceptors (Lipinski definition) is 1. The van der Waals surface area contributed by atoms with Gasteiger partial charge in [-0.3, -0.25) is 4.79 Å². The zero-order chi connectivity index (χ0) is 9.15. The average molecular weight is 231 g/mol. The second-order valence-corrected chi connectivity index (χ2v) is 5.94. The van der Waals surface area contributed by atoms with Crippen LogP contribution >= 0.6 is 15.9 Å². The summed E-state index contributed by atoms with van der Waals surface area (Å²) in [6, 6.07) is 0. The summed E-state index contributed by atoms with van der Waals surface area (Å²) in [4.78, 5) is 12.3. The third kappa shape index (κ3) is 0.688. The molecule has 0 radical (unpaired) electrons. The summed E-state index contributed by atoms with van der Waals surface area (Å²) in [6.07, 6.45) is 2.29. The molecular weight excluding hydrogens is 216 g/mol. The van der Waals surface area contributed by atoms with Crippen LogP contribution in [0.2, 0.25) is 0 Å². The fourth-order valence-corrected chi connectivity index (χ4v) is 4.16. The van der Waals surface area contributed by atoms with Gasteiger partial charge in [0, 0.05) is 16.2 Å². The Bertz CT molecular complexity index is 246. The maximum atomic E-state index is 11.9. The van der Waals surface area contributed by atoms with Gasteiger partial charge >= 0.3 is 0 Å². The number of hydrogen-bond donors (Lipinski definition) is 0. The number of fused-ring (bicyclic) bond motifs is 2. The minimum absolute atomic E-state index is 0.107. The molecule has 0 saturated heterocycles. The van der Waals surface area contributed by atoms with E-state index in [-0.39, 0.29) is 10.8 Å². The van der Waals surface area contributed by atoms with Gasteiger partial charge in [-0.05, 0) is 18.3 Å². The molecule has 2 bridgehead atoms. The smallest absolute Gasteiger partial charge is 0.143 e. The van der Waals surface area contributed by atoms with Gasteiger partial charge in [0.25, 0.3) is 0 Å². The molecule has 0 heterocycles. The molecule has 0 spiro atoms.